The van der Waals surface area contributed by atoms with E-state index in [1.54, 1.807) is 18.2 Å². The van der Waals surface area contributed by atoms with Crippen molar-refractivity contribution in [2.75, 3.05) is 26.3 Å². The first-order chi connectivity index (χ1) is 11.1. The lowest BCUT2D eigenvalue weighted by Crippen LogP contribution is -2.45. The van der Waals surface area contributed by atoms with Gasteiger partial charge in [0, 0.05) is 5.56 Å². The average Bonchev–Trinajstić information content (AvgIpc) is 2.60. The number of likely N-dealkylation sites (tertiary alicyclic amines) is 1. The van der Waals surface area contributed by atoms with Crippen molar-refractivity contribution in [3.05, 3.63) is 23.8 Å². The molecule has 1 unspecified atom stereocenters. The smallest absolute Gasteiger partial charge is 0.306 e. The first-order valence-electron chi connectivity index (χ1n) is 7.97. The number of rotatable bonds is 4. The first kappa shape index (κ1) is 15.8. The molecule has 0 aromatic heterocycles. The second-order valence-corrected chi connectivity index (χ2v) is 6.05. The summed E-state index contributed by atoms with van der Waals surface area (Å²) in [5, 5.41) is 9.05. The number of ether oxygens (including phenoxy) is 2. The lowest BCUT2D eigenvalue weighted by atomic mass is 9.94. The normalized spacial score (nSPS) is 20.0. The van der Waals surface area contributed by atoms with E-state index in [4.69, 9.17) is 14.6 Å². The van der Waals surface area contributed by atoms with Crippen LogP contribution in [0.4, 0.5) is 0 Å². The molecule has 1 fully saturated rings. The molecule has 2 heterocycles. The predicted molar refractivity (Wildman–Crippen MR) is 83.2 cm³/mol. The van der Waals surface area contributed by atoms with E-state index in [-0.39, 0.29) is 17.7 Å². The van der Waals surface area contributed by atoms with Gasteiger partial charge in [-0.2, -0.15) is 0 Å². The van der Waals surface area contributed by atoms with Gasteiger partial charge in [-0.15, -0.1) is 0 Å². The van der Waals surface area contributed by atoms with Gasteiger partial charge in [0.05, 0.1) is 12.0 Å². The fourth-order valence-electron chi connectivity index (χ4n) is 3.14. The number of ketones is 1. The fraction of sp³-hybridized carbons (Fsp3) is 0.529. The van der Waals surface area contributed by atoms with Crippen molar-refractivity contribution in [2.45, 2.75) is 25.8 Å². The Labute approximate surface area is 135 Å². The minimum Gasteiger partial charge on any atom is -0.486 e. The van der Waals surface area contributed by atoms with E-state index in [1.165, 1.54) is 0 Å². The molecule has 1 N–H and O–H groups in total. The molecular weight excluding hydrogens is 298 g/mol. The SMILES string of the molecule is CC(C(=O)c1ccc2c(c1)OCCO2)N1CCC(C(=O)O)CC1. The summed E-state index contributed by atoms with van der Waals surface area (Å²) in [6.07, 6.45) is 1.18. The zero-order valence-corrected chi connectivity index (χ0v) is 13.2. The maximum Gasteiger partial charge on any atom is 0.306 e. The summed E-state index contributed by atoms with van der Waals surface area (Å²) in [6, 6.07) is 4.99. The zero-order valence-electron chi connectivity index (χ0n) is 13.2. The molecule has 0 radical (unpaired) electrons. The van der Waals surface area contributed by atoms with Crippen LogP contribution in [0.25, 0.3) is 0 Å². The average molecular weight is 319 g/mol. The van der Waals surface area contributed by atoms with E-state index in [0.29, 0.717) is 56.2 Å². The highest BCUT2D eigenvalue weighted by molar-refractivity contribution is 6.00. The molecule has 2 aliphatic heterocycles. The number of hydrogen-bond donors (Lipinski definition) is 1. The molecule has 0 bridgehead atoms. The van der Waals surface area contributed by atoms with E-state index >= 15 is 0 Å². The highest BCUT2D eigenvalue weighted by Gasteiger charge is 2.30. The third-order valence-electron chi connectivity index (χ3n) is 4.63. The van der Waals surface area contributed by atoms with Crippen LogP contribution in [0.3, 0.4) is 0 Å². The van der Waals surface area contributed by atoms with Crippen LogP contribution >= 0.6 is 0 Å². The third-order valence-corrected chi connectivity index (χ3v) is 4.63. The molecule has 1 atom stereocenters. The summed E-state index contributed by atoms with van der Waals surface area (Å²) in [5.74, 6) is 0.274. The summed E-state index contributed by atoms with van der Waals surface area (Å²) >= 11 is 0. The van der Waals surface area contributed by atoms with Crippen LogP contribution in [0, 0.1) is 5.92 Å². The Morgan fingerprint density at radius 1 is 1.17 bits per heavy atom. The Kier molecular flexibility index (Phi) is 4.52. The summed E-state index contributed by atoms with van der Waals surface area (Å²) < 4.78 is 11.0. The van der Waals surface area contributed by atoms with E-state index in [9.17, 15) is 9.59 Å². The van der Waals surface area contributed by atoms with Crippen molar-refractivity contribution in [2.24, 2.45) is 5.92 Å². The van der Waals surface area contributed by atoms with E-state index in [1.807, 2.05) is 6.92 Å². The first-order valence-corrected chi connectivity index (χ1v) is 7.97. The van der Waals surface area contributed by atoms with E-state index in [0.717, 1.165) is 0 Å². The number of aliphatic carboxylic acids is 1. The van der Waals surface area contributed by atoms with Crippen LogP contribution in [0.1, 0.15) is 30.1 Å². The summed E-state index contributed by atoms with van der Waals surface area (Å²) in [6.45, 7) is 4.15. The predicted octanol–water partition coefficient (Wildman–Crippen LogP) is 1.83. The lowest BCUT2D eigenvalue weighted by Gasteiger charge is -2.34. The largest absolute Gasteiger partial charge is 0.486 e. The van der Waals surface area contributed by atoms with Crippen LogP contribution < -0.4 is 9.47 Å². The van der Waals surface area contributed by atoms with Gasteiger partial charge in [-0.3, -0.25) is 14.5 Å². The second kappa shape index (κ2) is 6.58. The van der Waals surface area contributed by atoms with Gasteiger partial charge in [0.1, 0.15) is 13.2 Å². The molecule has 0 aliphatic carbocycles. The molecule has 23 heavy (non-hydrogen) atoms. The molecule has 3 rings (SSSR count). The maximum absolute atomic E-state index is 12.7. The van der Waals surface area contributed by atoms with Gasteiger partial charge >= 0.3 is 5.97 Å². The molecule has 1 saturated heterocycles. The van der Waals surface area contributed by atoms with Gasteiger partial charge in [-0.25, -0.2) is 0 Å². The van der Waals surface area contributed by atoms with Crippen molar-refractivity contribution < 1.29 is 24.2 Å². The lowest BCUT2D eigenvalue weighted by molar-refractivity contribution is -0.143. The number of Topliss-reactive ketones (excluding diaryl/α,β-unsaturated/α-hetero) is 1. The van der Waals surface area contributed by atoms with Crippen molar-refractivity contribution in [3.63, 3.8) is 0 Å². The standard InChI is InChI=1S/C17H21NO5/c1-11(18-6-4-12(5-7-18)17(20)21)16(19)13-2-3-14-15(10-13)23-9-8-22-14/h2-3,10-12H,4-9H2,1H3,(H,20,21). The monoisotopic (exact) mass is 319 g/mol. The van der Waals surface area contributed by atoms with Gasteiger partial charge in [0.15, 0.2) is 17.3 Å². The molecule has 1 aromatic carbocycles. The van der Waals surface area contributed by atoms with Crippen molar-refractivity contribution >= 4 is 11.8 Å². The minimum absolute atomic E-state index is 0.0238. The van der Waals surface area contributed by atoms with Crippen LogP contribution in [0.15, 0.2) is 18.2 Å². The maximum atomic E-state index is 12.7. The summed E-state index contributed by atoms with van der Waals surface area (Å²) in [7, 11) is 0. The van der Waals surface area contributed by atoms with Crippen molar-refractivity contribution in [3.8, 4) is 11.5 Å². The molecule has 6 nitrogen and oxygen atoms in total. The van der Waals surface area contributed by atoms with Gasteiger partial charge in [-0.1, -0.05) is 0 Å². The number of hydrogen-bond acceptors (Lipinski definition) is 5. The number of carbonyl (C=O) groups excluding carboxylic acids is 1. The highest BCUT2D eigenvalue weighted by Crippen LogP contribution is 2.31. The molecule has 6 heteroatoms. The molecule has 124 valence electrons. The Morgan fingerprint density at radius 3 is 2.48 bits per heavy atom. The quantitative estimate of drug-likeness (QED) is 0.853. The third kappa shape index (κ3) is 3.32. The Balaban J connectivity index is 1.67. The van der Waals surface area contributed by atoms with Gasteiger partial charge in [0.25, 0.3) is 0 Å². The van der Waals surface area contributed by atoms with Gasteiger partial charge < -0.3 is 14.6 Å². The number of carbonyl (C=O) groups is 2. The number of carboxylic acid groups (broad SMARTS) is 1. The van der Waals surface area contributed by atoms with Gasteiger partial charge in [-0.05, 0) is 51.1 Å². The second-order valence-electron chi connectivity index (χ2n) is 6.05. The number of carboxylic acids is 1. The van der Waals surface area contributed by atoms with E-state index in [2.05, 4.69) is 4.90 Å². The Morgan fingerprint density at radius 2 is 1.83 bits per heavy atom. The highest BCUT2D eigenvalue weighted by atomic mass is 16.6. The summed E-state index contributed by atoms with van der Waals surface area (Å²) in [5.41, 5.74) is 0.599. The molecule has 0 spiro atoms. The number of fused-ring (bicyclic) bond motifs is 1. The van der Waals surface area contributed by atoms with Crippen LogP contribution in [-0.2, 0) is 4.79 Å². The van der Waals surface area contributed by atoms with Crippen LogP contribution in [0.5, 0.6) is 11.5 Å². The van der Waals surface area contributed by atoms with Crippen LogP contribution in [-0.4, -0.2) is 54.1 Å². The number of nitrogens with zero attached hydrogens (tertiary/aromatic N) is 1. The molecular formula is C17H21NO5. The molecule has 1 aromatic rings. The Bertz CT molecular complexity index is 607. The topological polar surface area (TPSA) is 76.1 Å². The van der Waals surface area contributed by atoms with Crippen molar-refractivity contribution in [1.82, 2.24) is 4.90 Å². The molecule has 0 saturated carbocycles. The zero-order chi connectivity index (χ0) is 16.4. The van der Waals surface area contributed by atoms with E-state index < -0.39 is 5.97 Å². The minimum atomic E-state index is -0.740. The molecule has 2 aliphatic rings. The number of benzene rings is 1. The molecule has 0 amide bonds. The Hall–Kier alpha value is -2.08. The van der Waals surface area contributed by atoms with Crippen LogP contribution in [0.2, 0.25) is 0 Å². The van der Waals surface area contributed by atoms with Gasteiger partial charge in [0.2, 0.25) is 0 Å². The number of piperidine rings is 1. The summed E-state index contributed by atoms with van der Waals surface area (Å²) in [4.78, 5) is 25.8. The van der Waals surface area contributed by atoms with Crippen molar-refractivity contribution in [1.29, 1.82) is 0 Å². The fourth-order valence-corrected chi connectivity index (χ4v) is 3.14.